The summed E-state index contributed by atoms with van der Waals surface area (Å²) in [5, 5.41) is 13.4. The topological polar surface area (TPSA) is 61.7 Å². The van der Waals surface area contributed by atoms with Gasteiger partial charge in [0.2, 0.25) is 0 Å². The predicted molar refractivity (Wildman–Crippen MR) is 57.2 cm³/mol. The van der Waals surface area contributed by atoms with Gasteiger partial charge in [0.15, 0.2) is 0 Å². The molecule has 0 amide bonds. The molecule has 2 N–H and O–H groups in total. The van der Waals surface area contributed by atoms with Crippen LogP contribution in [0.2, 0.25) is 5.02 Å². The molecule has 4 nitrogen and oxygen atoms in total. The molecule has 0 saturated heterocycles. The van der Waals surface area contributed by atoms with E-state index in [2.05, 4.69) is 10.5 Å². The van der Waals surface area contributed by atoms with Crippen molar-refractivity contribution in [2.75, 3.05) is 0 Å². The summed E-state index contributed by atoms with van der Waals surface area (Å²) >= 11 is 5.75. The minimum Gasteiger partial charge on any atom is -0.480 e. The third kappa shape index (κ3) is 2.10. The van der Waals surface area contributed by atoms with Gasteiger partial charge in [-0.25, -0.2) is 4.79 Å². The van der Waals surface area contributed by atoms with E-state index in [9.17, 15) is 4.79 Å². The number of nitrogens with one attached hydrogen (secondary N) is 1. The Balaban J connectivity index is 2.14. The molecule has 1 heterocycles. The molecule has 1 aliphatic rings. The van der Waals surface area contributed by atoms with Crippen LogP contribution in [-0.2, 0) is 4.79 Å². The summed E-state index contributed by atoms with van der Waals surface area (Å²) in [6, 6.07) is 6.55. The molecule has 0 fully saturated rings. The number of hydrazone groups is 1. The molecular formula is C10H9ClN2O2. The van der Waals surface area contributed by atoms with Gasteiger partial charge in [-0.15, -0.1) is 0 Å². The Labute approximate surface area is 91.6 Å². The van der Waals surface area contributed by atoms with E-state index in [0.717, 1.165) is 11.3 Å². The van der Waals surface area contributed by atoms with Gasteiger partial charge in [0.25, 0.3) is 0 Å². The molecule has 0 aromatic heterocycles. The second-order valence-corrected chi connectivity index (χ2v) is 3.73. The molecule has 5 heteroatoms. The Morgan fingerprint density at radius 1 is 1.47 bits per heavy atom. The molecule has 1 atom stereocenters. The molecule has 2 rings (SSSR count). The number of carboxylic acids is 1. The van der Waals surface area contributed by atoms with Crippen molar-refractivity contribution >= 4 is 23.3 Å². The summed E-state index contributed by atoms with van der Waals surface area (Å²) in [4.78, 5) is 10.7. The van der Waals surface area contributed by atoms with E-state index in [4.69, 9.17) is 16.7 Å². The Morgan fingerprint density at radius 2 is 2.13 bits per heavy atom. The number of rotatable bonds is 2. The first-order valence-corrected chi connectivity index (χ1v) is 4.85. The van der Waals surface area contributed by atoms with Crippen LogP contribution in [0.5, 0.6) is 0 Å². The highest BCUT2D eigenvalue weighted by molar-refractivity contribution is 6.30. The zero-order valence-corrected chi connectivity index (χ0v) is 8.53. The molecule has 1 aromatic carbocycles. The van der Waals surface area contributed by atoms with E-state index in [0.29, 0.717) is 11.4 Å². The highest BCUT2D eigenvalue weighted by Crippen LogP contribution is 2.15. The maximum absolute atomic E-state index is 10.7. The van der Waals surface area contributed by atoms with Crippen LogP contribution in [0.25, 0.3) is 0 Å². The van der Waals surface area contributed by atoms with Crippen LogP contribution in [0, 0.1) is 0 Å². The third-order valence-corrected chi connectivity index (χ3v) is 2.48. The smallest absolute Gasteiger partial charge is 0.328 e. The van der Waals surface area contributed by atoms with Gasteiger partial charge in [-0.05, 0) is 17.7 Å². The van der Waals surface area contributed by atoms with Crippen molar-refractivity contribution < 1.29 is 9.90 Å². The van der Waals surface area contributed by atoms with Crippen LogP contribution in [0.3, 0.4) is 0 Å². The van der Waals surface area contributed by atoms with Gasteiger partial charge >= 0.3 is 5.97 Å². The second kappa shape index (κ2) is 3.90. The lowest BCUT2D eigenvalue weighted by Gasteiger charge is -2.02. The lowest BCUT2D eigenvalue weighted by atomic mass is 10.0. The van der Waals surface area contributed by atoms with Gasteiger partial charge in [-0.3, -0.25) is 5.43 Å². The Bertz CT molecular complexity index is 414. The molecule has 1 aromatic rings. The van der Waals surface area contributed by atoms with Gasteiger partial charge < -0.3 is 5.11 Å². The SMILES string of the molecule is O=C(O)[C@H]1CC(c2ccc(Cl)cc2)=NN1. The molecule has 0 unspecified atom stereocenters. The second-order valence-electron chi connectivity index (χ2n) is 3.29. The molecule has 1 aliphatic heterocycles. The number of hydrogen-bond acceptors (Lipinski definition) is 3. The van der Waals surface area contributed by atoms with Crippen LogP contribution in [0.15, 0.2) is 29.4 Å². The van der Waals surface area contributed by atoms with E-state index in [-0.39, 0.29) is 0 Å². The first kappa shape index (κ1) is 9.98. The Kier molecular flexibility index (Phi) is 2.60. The average Bonchev–Trinajstić information content (AvgIpc) is 2.68. The van der Waals surface area contributed by atoms with Crippen LogP contribution in [-0.4, -0.2) is 22.8 Å². The average molecular weight is 225 g/mol. The fraction of sp³-hybridized carbons (Fsp3) is 0.200. The van der Waals surface area contributed by atoms with Gasteiger partial charge in [-0.1, -0.05) is 23.7 Å². The Morgan fingerprint density at radius 3 is 2.67 bits per heavy atom. The molecule has 0 radical (unpaired) electrons. The first-order valence-electron chi connectivity index (χ1n) is 4.47. The van der Waals surface area contributed by atoms with E-state index in [1.165, 1.54) is 0 Å². The Hall–Kier alpha value is -1.55. The first-order chi connectivity index (χ1) is 7.16. The van der Waals surface area contributed by atoms with Crippen LogP contribution >= 0.6 is 11.6 Å². The minimum atomic E-state index is -0.886. The van der Waals surface area contributed by atoms with Crippen molar-refractivity contribution in [1.82, 2.24) is 5.43 Å². The number of carboxylic acid groups (broad SMARTS) is 1. The van der Waals surface area contributed by atoms with Gasteiger partial charge in [0, 0.05) is 11.4 Å². The van der Waals surface area contributed by atoms with Gasteiger partial charge in [0.1, 0.15) is 6.04 Å². The summed E-state index contributed by atoms with van der Waals surface area (Å²) in [5.41, 5.74) is 4.22. The predicted octanol–water partition coefficient (Wildman–Crippen LogP) is 1.49. The number of aliphatic carboxylic acids is 1. The van der Waals surface area contributed by atoms with Crippen LogP contribution < -0.4 is 5.43 Å². The summed E-state index contributed by atoms with van der Waals surface area (Å²) in [6.07, 6.45) is 0.400. The summed E-state index contributed by atoms with van der Waals surface area (Å²) in [7, 11) is 0. The monoisotopic (exact) mass is 224 g/mol. The molecule has 15 heavy (non-hydrogen) atoms. The van der Waals surface area contributed by atoms with E-state index in [1.54, 1.807) is 12.1 Å². The van der Waals surface area contributed by atoms with Crippen LogP contribution in [0.1, 0.15) is 12.0 Å². The van der Waals surface area contributed by atoms with E-state index in [1.807, 2.05) is 12.1 Å². The van der Waals surface area contributed by atoms with Crippen molar-refractivity contribution in [3.63, 3.8) is 0 Å². The van der Waals surface area contributed by atoms with Crippen molar-refractivity contribution in [2.24, 2.45) is 5.10 Å². The maximum Gasteiger partial charge on any atom is 0.328 e. The molecular weight excluding hydrogens is 216 g/mol. The highest BCUT2D eigenvalue weighted by atomic mass is 35.5. The molecule has 0 spiro atoms. The highest BCUT2D eigenvalue weighted by Gasteiger charge is 2.25. The lowest BCUT2D eigenvalue weighted by Crippen LogP contribution is -2.29. The van der Waals surface area contributed by atoms with Gasteiger partial charge in [-0.2, -0.15) is 5.10 Å². The summed E-state index contributed by atoms with van der Waals surface area (Å²) < 4.78 is 0. The molecule has 0 bridgehead atoms. The number of nitrogens with zero attached hydrogens (tertiary/aromatic N) is 1. The van der Waals surface area contributed by atoms with Crippen molar-refractivity contribution in [3.05, 3.63) is 34.9 Å². The molecule has 0 saturated carbocycles. The van der Waals surface area contributed by atoms with E-state index < -0.39 is 12.0 Å². The maximum atomic E-state index is 10.7. The van der Waals surface area contributed by atoms with Gasteiger partial charge in [0.05, 0.1) is 5.71 Å². The summed E-state index contributed by atoms with van der Waals surface area (Å²) in [5.74, 6) is -0.886. The largest absolute Gasteiger partial charge is 0.480 e. The number of halogens is 1. The molecule has 0 aliphatic carbocycles. The normalized spacial score (nSPS) is 19.5. The third-order valence-electron chi connectivity index (χ3n) is 2.23. The standard InChI is InChI=1S/C10H9ClN2O2/c11-7-3-1-6(2-4-7)8-5-9(10(14)15)13-12-8/h1-4,9,13H,5H2,(H,14,15)/t9-/m1/s1. The van der Waals surface area contributed by atoms with Crippen LogP contribution in [0.4, 0.5) is 0 Å². The fourth-order valence-electron chi connectivity index (χ4n) is 1.41. The summed E-state index contributed by atoms with van der Waals surface area (Å²) in [6.45, 7) is 0. The molecule has 78 valence electrons. The zero-order chi connectivity index (χ0) is 10.8. The van der Waals surface area contributed by atoms with E-state index >= 15 is 0 Å². The van der Waals surface area contributed by atoms with Crippen molar-refractivity contribution in [1.29, 1.82) is 0 Å². The minimum absolute atomic E-state index is 0.400. The quantitative estimate of drug-likeness (QED) is 0.800. The number of benzene rings is 1. The zero-order valence-electron chi connectivity index (χ0n) is 7.77. The fourth-order valence-corrected chi connectivity index (χ4v) is 1.53. The number of carbonyl (C=O) groups is 1. The van der Waals surface area contributed by atoms with Crippen molar-refractivity contribution in [3.8, 4) is 0 Å². The van der Waals surface area contributed by atoms with Crippen molar-refractivity contribution in [2.45, 2.75) is 12.5 Å². The number of hydrogen-bond donors (Lipinski definition) is 2. The lowest BCUT2D eigenvalue weighted by molar-refractivity contribution is -0.139.